The molecule has 0 aromatic rings. The van der Waals surface area contributed by atoms with Crippen LogP contribution in [0, 0.1) is 0 Å². The third-order valence-corrected chi connectivity index (χ3v) is 6.41. The molecule has 0 saturated carbocycles. The fraction of sp³-hybridized carbons (Fsp3) is 0.769. The minimum Gasteiger partial charge on any atom is -0.478 e. The molecule has 3 nitrogen and oxygen atoms in total. The van der Waals surface area contributed by atoms with Crippen molar-refractivity contribution in [3.05, 3.63) is 11.1 Å². The molecule has 17 heavy (non-hydrogen) atoms. The molecule has 0 saturated heterocycles. The van der Waals surface area contributed by atoms with Crippen LogP contribution < -0.4 is 0 Å². The average Bonchev–Trinajstić information content (AvgIpc) is 2.25. The van der Waals surface area contributed by atoms with Gasteiger partial charge in [0.1, 0.15) is 8.24 Å². The number of rotatable bonds is 4. The van der Waals surface area contributed by atoms with Crippen molar-refractivity contribution in [2.45, 2.75) is 58.3 Å². The van der Waals surface area contributed by atoms with Crippen molar-refractivity contribution in [2.75, 3.05) is 7.05 Å². The zero-order valence-corrected chi connectivity index (χ0v) is 12.7. The third-order valence-electron chi connectivity index (χ3n) is 3.93. The summed E-state index contributed by atoms with van der Waals surface area (Å²) in [6, 6.07) is 0.541. The first-order valence-electron chi connectivity index (χ1n) is 6.44. The van der Waals surface area contributed by atoms with Crippen LogP contribution in [-0.4, -0.2) is 37.0 Å². The zero-order valence-electron chi connectivity index (χ0n) is 11.7. The highest BCUT2D eigenvalue weighted by Crippen LogP contribution is 2.31. The summed E-state index contributed by atoms with van der Waals surface area (Å²) < 4.78 is 2.52. The molecule has 0 aliphatic heterocycles. The van der Waals surface area contributed by atoms with Gasteiger partial charge in [0.25, 0.3) is 0 Å². The van der Waals surface area contributed by atoms with Gasteiger partial charge in [-0.3, -0.25) is 0 Å². The van der Waals surface area contributed by atoms with E-state index < -0.39 is 14.2 Å². The molecule has 0 bridgehead atoms. The van der Waals surface area contributed by atoms with Crippen molar-refractivity contribution < 1.29 is 9.90 Å². The minimum atomic E-state index is -1.28. The van der Waals surface area contributed by atoms with E-state index in [9.17, 15) is 4.79 Å². The van der Waals surface area contributed by atoms with Gasteiger partial charge in [0, 0.05) is 11.6 Å². The number of carboxylic acid groups (broad SMARTS) is 1. The Morgan fingerprint density at radius 2 is 2.06 bits per heavy atom. The summed E-state index contributed by atoms with van der Waals surface area (Å²) >= 11 is 0. The summed E-state index contributed by atoms with van der Waals surface area (Å²) in [5.41, 5.74) is 1.83. The highest BCUT2D eigenvalue weighted by atomic mass is 28.3. The molecule has 1 aliphatic carbocycles. The Kier molecular flexibility index (Phi) is 4.55. The Bertz CT molecular complexity index is 331. The topological polar surface area (TPSA) is 40.5 Å². The third kappa shape index (κ3) is 3.42. The molecule has 1 atom stereocenters. The summed E-state index contributed by atoms with van der Waals surface area (Å²) in [7, 11) is 0.928. The minimum absolute atomic E-state index is 0.541. The monoisotopic (exact) mass is 255 g/mol. The Balaban J connectivity index is 2.84. The molecule has 0 aromatic carbocycles. The quantitative estimate of drug-likeness (QED) is 0.785. The maximum atomic E-state index is 11.1. The van der Waals surface area contributed by atoms with Crippen molar-refractivity contribution >= 4 is 14.2 Å². The molecule has 0 fully saturated rings. The van der Waals surface area contributed by atoms with E-state index in [1.54, 1.807) is 0 Å². The lowest BCUT2D eigenvalue weighted by atomic mass is 9.87. The Labute approximate surface area is 106 Å². The molecule has 0 heterocycles. The van der Waals surface area contributed by atoms with Crippen LogP contribution in [0.3, 0.4) is 0 Å². The van der Waals surface area contributed by atoms with Gasteiger partial charge in [0.2, 0.25) is 0 Å². The number of carboxylic acids is 1. The molecule has 1 aliphatic rings. The van der Waals surface area contributed by atoms with Gasteiger partial charge in [-0.05, 0) is 32.7 Å². The summed E-state index contributed by atoms with van der Waals surface area (Å²) in [5.74, 6) is -0.712. The number of aliphatic carboxylic acids is 1. The molecular formula is C13H25NO2Si. The van der Waals surface area contributed by atoms with Crippen molar-refractivity contribution in [1.29, 1.82) is 0 Å². The molecule has 1 rings (SSSR count). The highest BCUT2D eigenvalue weighted by Gasteiger charge is 2.31. The largest absolute Gasteiger partial charge is 0.478 e. The molecule has 1 N–H and O–H groups in total. The number of nitrogens with zero attached hydrogens (tertiary/aromatic N) is 1. The van der Waals surface area contributed by atoms with Crippen LogP contribution in [0.2, 0.25) is 19.6 Å². The van der Waals surface area contributed by atoms with Gasteiger partial charge in [-0.2, -0.15) is 0 Å². The smallest absolute Gasteiger partial charge is 0.331 e. The number of hydrogen-bond acceptors (Lipinski definition) is 2. The second-order valence-electron chi connectivity index (χ2n) is 5.92. The van der Waals surface area contributed by atoms with Crippen LogP contribution >= 0.6 is 0 Å². The molecule has 98 valence electrons. The standard InChI is InChI=1S/C13H25NO2Si/c1-6-10-9-11(14(2)17(3,4)5)7-8-12(10)13(15)16/h11H,6-9H2,1-5H3,(H,15,16). The number of hydrogen-bond donors (Lipinski definition) is 1. The zero-order chi connectivity index (χ0) is 13.2. The normalized spacial score (nSPS) is 22.1. The summed E-state index contributed by atoms with van der Waals surface area (Å²) in [4.78, 5) is 11.1. The molecule has 1 unspecified atom stereocenters. The predicted octanol–water partition coefficient (Wildman–Crippen LogP) is 3.10. The first-order valence-corrected chi connectivity index (χ1v) is 9.89. The summed E-state index contributed by atoms with van der Waals surface area (Å²) in [5, 5.41) is 9.16. The molecule has 0 radical (unpaired) electrons. The van der Waals surface area contributed by atoms with Crippen LogP contribution in [0.1, 0.15) is 32.6 Å². The van der Waals surface area contributed by atoms with Crippen LogP contribution in [0.4, 0.5) is 0 Å². The fourth-order valence-corrected chi connectivity index (χ4v) is 3.81. The van der Waals surface area contributed by atoms with Gasteiger partial charge in [0.15, 0.2) is 0 Å². The van der Waals surface area contributed by atoms with Gasteiger partial charge >= 0.3 is 5.97 Å². The van der Waals surface area contributed by atoms with Crippen LogP contribution in [0.15, 0.2) is 11.1 Å². The number of carbonyl (C=O) groups is 1. The van der Waals surface area contributed by atoms with E-state index in [0.29, 0.717) is 11.6 Å². The summed E-state index contributed by atoms with van der Waals surface area (Å²) in [6.45, 7) is 9.09. The lowest BCUT2D eigenvalue weighted by Crippen LogP contribution is -2.50. The first-order chi connectivity index (χ1) is 7.77. The van der Waals surface area contributed by atoms with Gasteiger partial charge in [-0.1, -0.05) is 32.1 Å². The Morgan fingerprint density at radius 3 is 2.47 bits per heavy atom. The van der Waals surface area contributed by atoms with E-state index in [1.807, 2.05) is 0 Å². The van der Waals surface area contributed by atoms with Crippen molar-refractivity contribution in [2.24, 2.45) is 0 Å². The van der Waals surface area contributed by atoms with Gasteiger partial charge < -0.3 is 9.67 Å². The van der Waals surface area contributed by atoms with Crippen molar-refractivity contribution in [3.8, 4) is 0 Å². The van der Waals surface area contributed by atoms with Crippen molar-refractivity contribution in [3.63, 3.8) is 0 Å². The Morgan fingerprint density at radius 1 is 1.47 bits per heavy atom. The van der Waals surface area contributed by atoms with Crippen LogP contribution in [-0.2, 0) is 4.79 Å². The van der Waals surface area contributed by atoms with Crippen molar-refractivity contribution in [1.82, 2.24) is 4.57 Å². The average molecular weight is 255 g/mol. The van der Waals surface area contributed by atoms with E-state index in [0.717, 1.165) is 31.3 Å². The second kappa shape index (κ2) is 5.36. The fourth-order valence-electron chi connectivity index (χ4n) is 2.49. The van der Waals surface area contributed by atoms with Gasteiger partial charge in [0.05, 0.1) is 0 Å². The predicted molar refractivity (Wildman–Crippen MR) is 73.7 cm³/mol. The van der Waals surface area contributed by atoms with Gasteiger partial charge in [-0.25, -0.2) is 4.79 Å². The van der Waals surface area contributed by atoms with Crippen LogP contribution in [0.25, 0.3) is 0 Å². The molecule has 0 amide bonds. The Hall–Kier alpha value is -0.613. The van der Waals surface area contributed by atoms with E-state index in [4.69, 9.17) is 5.11 Å². The van der Waals surface area contributed by atoms with E-state index in [1.165, 1.54) is 0 Å². The molecular weight excluding hydrogens is 230 g/mol. The lowest BCUT2D eigenvalue weighted by molar-refractivity contribution is -0.133. The molecule has 0 spiro atoms. The summed E-state index contributed by atoms with van der Waals surface area (Å²) in [6.07, 6.45) is 3.54. The lowest BCUT2D eigenvalue weighted by Gasteiger charge is -2.40. The maximum absolute atomic E-state index is 11.1. The maximum Gasteiger partial charge on any atom is 0.331 e. The SMILES string of the molecule is CCC1=C(C(=O)O)CCC(N(C)[Si](C)(C)C)C1. The van der Waals surface area contributed by atoms with E-state index >= 15 is 0 Å². The highest BCUT2D eigenvalue weighted by molar-refractivity contribution is 6.73. The first kappa shape index (κ1) is 14.4. The van der Waals surface area contributed by atoms with Crippen LogP contribution in [0.5, 0.6) is 0 Å². The van der Waals surface area contributed by atoms with E-state index in [2.05, 4.69) is 38.2 Å². The second-order valence-corrected chi connectivity index (χ2v) is 11.0. The van der Waals surface area contributed by atoms with E-state index in [-0.39, 0.29) is 0 Å². The van der Waals surface area contributed by atoms with Gasteiger partial charge in [-0.15, -0.1) is 0 Å². The molecule has 4 heteroatoms. The molecule has 0 aromatic heterocycles.